The summed E-state index contributed by atoms with van der Waals surface area (Å²) in [4.78, 5) is 0. The number of aliphatic hydroxyl groups is 1. The van der Waals surface area contributed by atoms with Crippen LogP contribution in [0.3, 0.4) is 0 Å². The van der Waals surface area contributed by atoms with Gasteiger partial charge in [-0.3, -0.25) is 0 Å². The Balaban J connectivity index is 1.91. The van der Waals surface area contributed by atoms with Gasteiger partial charge in [-0.1, -0.05) is 25.5 Å². The molecule has 1 aromatic carbocycles. The Morgan fingerprint density at radius 1 is 1.41 bits per heavy atom. The van der Waals surface area contributed by atoms with Gasteiger partial charge in [0.25, 0.3) is 0 Å². The van der Waals surface area contributed by atoms with E-state index in [-0.39, 0.29) is 23.8 Å². The molecular formula is C16H22F3NO2. The van der Waals surface area contributed by atoms with Crippen LogP contribution in [0.2, 0.25) is 0 Å². The van der Waals surface area contributed by atoms with E-state index >= 15 is 0 Å². The maximum absolute atomic E-state index is 12.2. The van der Waals surface area contributed by atoms with Gasteiger partial charge in [0.05, 0.1) is 0 Å². The van der Waals surface area contributed by atoms with E-state index in [2.05, 4.69) is 12.2 Å². The molecule has 0 unspecified atom stereocenters. The largest absolute Gasteiger partial charge is 0.484 e. The third-order valence-electron chi connectivity index (χ3n) is 4.30. The normalized spacial score (nSPS) is 25.4. The summed E-state index contributed by atoms with van der Waals surface area (Å²) >= 11 is 0. The van der Waals surface area contributed by atoms with Crippen molar-refractivity contribution in [3.05, 3.63) is 29.8 Å². The van der Waals surface area contributed by atoms with E-state index in [0.717, 1.165) is 24.8 Å². The van der Waals surface area contributed by atoms with Gasteiger partial charge >= 0.3 is 6.18 Å². The van der Waals surface area contributed by atoms with Crippen molar-refractivity contribution in [2.24, 2.45) is 5.41 Å². The summed E-state index contributed by atoms with van der Waals surface area (Å²) in [6.45, 7) is 1.46. The second kappa shape index (κ2) is 6.87. The van der Waals surface area contributed by atoms with Crippen molar-refractivity contribution >= 4 is 0 Å². The predicted octanol–water partition coefficient (Wildman–Crippen LogP) is 3.27. The van der Waals surface area contributed by atoms with E-state index < -0.39 is 12.8 Å². The second-order valence-electron chi connectivity index (χ2n) is 6.19. The van der Waals surface area contributed by atoms with Gasteiger partial charge in [-0.2, -0.15) is 13.2 Å². The van der Waals surface area contributed by atoms with Crippen LogP contribution in [0.15, 0.2) is 24.3 Å². The van der Waals surface area contributed by atoms with Gasteiger partial charge in [-0.05, 0) is 30.5 Å². The molecule has 1 saturated carbocycles. The molecule has 0 amide bonds. The fraction of sp³-hybridized carbons (Fsp3) is 0.625. The van der Waals surface area contributed by atoms with E-state index in [0.29, 0.717) is 6.54 Å². The van der Waals surface area contributed by atoms with Crippen molar-refractivity contribution in [2.45, 2.75) is 44.9 Å². The molecule has 0 aliphatic heterocycles. The number of nitrogens with one attached hydrogen (secondary N) is 1. The molecule has 3 nitrogen and oxygen atoms in total. The summed E-state index contributed by atoms with van der Waals surface area (Å²) in [5.41, 5.74) is 0.747. The molecule has 6 heteroatoms. The Kier molecular flexibility index (Phi) is 5.34. The van der Waals surface area contributed by atoms with E-state index in [4.69, 9.17) is 4.74 Å². The van der Waals surface area contributed by atoms with E-state index in [9.17, 15) is 18.3 Å². The number of hydrogen-bond donors (Lipinski definition) is 2. The fourth-order valence-corrected chi connectivity index (χ4v) is 2.92. The monoisotopic (exact) mass is 317 g/mol. The molecule has 1 aliphatic rings. The van der Waals surface area contributed by atoms with Crippen molar-refractivity contribution in [2.75, 3.05) is 13.2 Å². The van der Waals surface area contributed by atoms with Crippen LogP contribution in [0.25, 0.3) is 0 Å². The maximum atomic E-state index is 12.2. The quantitative estimate of drug-likeness (QED) is 0.846. The van der Waals surface area contributed by atoms with Crippen LogP contribution in [0.1, 0.15) is 31.7 Å². The Bertz CT molecular complexity index is 493. The molecule has 0 saturated heterocycles. The Morgan fingerprint density at radius 2 is 2.18 bits per heavy atom. The number of alkyl halides is 3. The van der Waals surface area contributed by atoms with Gasteiger partial charge in [-0.25, -0.2) is 0 Å². The van der Waals surface area contributed by atoms with Crippen LogP contribution >= 0.6 is 0 Å². The average molecular weight is 317 g/mol. The number of aliphatic hydroxyl groups excluding tert-OH is 1. The highest BCUT2D eigenvalue weighted by Crippen LogP contribution is 2.37. The number of halogens is 3. The summed E-state index contributed by atoms with van der Waals surface area (Å²) in [5, 5.41) is 12.9. The zero-order chi connectivity index (χ0) is 16.2. The summed E-state index contributed by atoms with van der Waals surface area (Å²) in [7, 11) is 0. The third-order valence-corrected chi connectivity index (χ3v) is 4.30. The van der Waals surface area contributed by atoms with Crippen molar-refractivity contribution < 1.29 is 23.0 Å². The molecule has 0 aromatic heterocycles. The molecule has 2 atom stereocenters. The first kappa shape index (κ1) is 17.1. The van der Waals surface area contributed by atoms with E-state index in [1.807, 2.05) is 6.07 Å². The first-order valence-corrected chi connectivity index (χ1v) is 7.45. The van der Waals surface area contributed by atoms with Crippen LogP contribution in [0, 0.1) is 5.41 Å². The molecule has 0 bridgehead atoms. The highest BCUT2D eigenvalue weighted by atomic mass is 19.4. The molecule has 22 heavy (non-hydrogen) atoms. The number of benzene rings is 1. The number of hydrogen-bond acceptors (Lipinski definition) is 3. The minimum Gasteiger partial charge on any atom is -0.484 e. The molecule has 0 radical (unpaired) electrons. The summed E-state index contributed by atoms with van der Waals surface area (Å²) < 4.78 is 41.2. The highest BCUT2D eigenvalue weighted by molar-refractivity contribution is 5.28. The lowest BCUT2D eigenvalue weighted by Crippen LogP contribution is -2.41. The average Bonchev–Trinajstić information content (AvgIpc) is 2.85. The van der Waals surface area contributed by atoms with Crippen LogP contribution in [0.4, 0.5) is 13.2 Å². The molecule has 1 aliphatic carbocycles. The summed E-state index contributed by atoms with van der Waals surface area (Å²) in [6, 6.07) is 6.88. The van der Waals surface area contributed by atoms with Crippen LogP contribution in [0.5, 0.6) is 5.75 Å². The van der Waals surface area contributed by atoms with E-state index in [1.165, 1.54) is 6.07 Å². The standard InChI is InChI=1S/C16H22F3NO2/c1-15(10-21)7-3-6-14(15)20-9-12-4-2-5-13(8-12)22-11-16(17,18)19/h2,4-5,8,14,20-21H,3,6-7,9-11H2,1H3/t14-,15-/m1/s1. The lowest BCUT2D eigenvalue weighted by molar-refractivity contribution is -0.153. The van der Waals surface area contributed by atoms with Crippen molar-refractivity contribution in [1.82, 2.24) is 5.32 Å². The van der Waals surface area contributed by atoms with Crippen molar-refractivity contribution in [1.29, 1.82) is 0 Å². The lowest BCUT2D eigenvalue weighted by atomic mass is 9.86. The van der Waals surface area contributed by atoms with Crippen LogP contribution < -0.4 is 10.1 Å². The SMILES string of the molecule is C[C@]1(CO)CCC[C@H]1NCc1cccc(OCC(F)(F)F)c1. The molecule has 0 heterocycles. The van der Waals surface area contributed by atoms with Gasteiger partial charge in [0.1, 0.15) is 5.75 Å². The van der Waals surface area contributed by atoms with Crippen molar-refractivity contribution in [3.8, 4) is 5.75 Å². The zero-order valence-corrected chi connectivity index (χ0v) is 12.6. The maximum Gasteiger partial charge on any atom is 0.422 e. The molecule has 1 fully saturated rings. The second-order valence-corrected chi connectivity index (χ2v) is 6.19. The summed E-state index contributed by atoms with van der Waals surface area (Å²) in [5.74, 6) is 0.216. The smallest absolute Gasteiger partial charge is 0.422 e. The Hall–Kier alpha value is -1.27. The van der Waals surface area contributed by atoms with Gasteiger partial charge < -0.3 is 15.2 Å². The van der Waals surface area contributed by atoms with Crippen LogP contribution in [-0.2, 0) is 6.54 Å². The number of rotatable bonds is 6. The van der Waals surface area contributed by atoms with Gasteiger partial charge in [0.15, 0.2) is 6.61 Å². The predicted molar refractivity (Wildman–Crippen MR) is 77.7 cm³/mol. The van der Waals surface area contributed by atoms with Gasteiger partial charge in [0.2, 0.25) is 0 Å². The fourth-order valence-electron chi connectivity index (χ4n) is 2.92. The molecule has 0 spiro atoms. The van der Waals surface area contributed by atoms with Gasteiger partial charge in [0, 0.05) is 24.6 Å². The minimum absolute atomic E-state index is 0.121. The Labute approximate surface area is 128 Å². The molecule has 2 N–H and O–H groups in total. The molecule has 124 valence electrons. The first-order chi connectivity index (χ1) is 10.3. The highest BCUT2D eigenvalue weighted by Gasteiger charge is 2.37. The van der Waals surface area contributed by atoms with Crippen LogP contribution in [-0.4, -0.2) is 30.5 Å². The minimum atomic E-state index is -4.33. The number of ether oxygens (including phenoxy) is 1. The Morgan fingerprint density at radius 3 is 2.86 bits per heavy atom. The molecular weight excluding hydrogens is 295 g/mol. The molecule has 2 rings (SSSR count). The third kappa shape index (κ3) is 4.61. The summed E-state index contributed by atoms with van der Waals surface area (Å²) in [6.07, 6.45) is -1.28. The lowest BCUT2D eigenvalue weighted by Gasteiger charge is -2.30. The molecule has 1 aromatic rings. The first-order valence-electron chi connectivity index (χ1n) is 7.45. The van der Waals surface area contributed by atoms with E-state index in [1.54, 1.807) is 12.1 Å². The van der Waals surface area contributed by atoms with Gasteiger partial charge in [-0.15, -0.1) is 0 Å². The zero-order valence-electron chi connectivity index (χ0n) is 12.6. The topological polar surface area (TPSA) is 41.5 Å². The van der Waals surface area contributed by atoms with Crippen molar-refractivity contribution in [3.63, 3.8) is 0 Å².